The van der Waals surface area contributed by atoms with Crippen LogP contribution < -0.4 is 5.73 Å². The SMILES string of the molecule is CCN(CC)C(=O)C(C)N1CCc2ccc(N)cc2C1. The zero-order valence-corrected chi connectivity index (χ0v) is 12.7. The van der Waals surface area contributed by atoms with E-state index in [1.165, 1.54) is 11.1 Å². The Morgan fingerprint density at radius 1 is 1.35 bits per heavy atom. The van der Waals surface area contributed by atoms with Gasteiger partial charge < -0.3 is 10.6 Å². The number of nitrogens with two attached hydrogens (primary N) is 1. The summed E-state index contributed by atoms with van der Waals surface area (Å²) in [5.74, 6) is 0.224. The van der Waals surface area contributed by atoms with Gasteiger partial charge in [0.2, 0.25) is 5.91 Å². The van der Waals surface area contributed by atoms with E-state index in [-0.39, 0.29) is 11.9 Å². The van der Waals surface area contributed by atoms with Crippen molar-refractivity contribution in [1.29, 1.82) is 0 Å². The predicted molar refractivity (Wildman–Crippen MR) is 82.4 cm³/mol. The first-order valence-electron chi connectivity index (χ1n) is 7.46. The minimum Gasteiger partial charge on any atom is -0.399 e. The summed E-state index contributed by atoms with van der Waals surface area (Å²) in [7, 11) is 0. The Bertz CT molecular complexity index is 483. The van der Waals surface area contributed by atoms with Crippen molar-refractivity contribution in [3.8, 4) is 0 Å². The summed E-state index contributed by atoms with van der Waals surface area (Å²) in [6.07, 6.45) is 0.992. The predicted octanol–water partition coefficient (Wildman–Crippen LogP) is 1.88. The summed E-state index contributed by atoms with van der Waals surface area (Å²) in [6.45, 7) is 9.37. The first kappa shape index (κ1) is 14.9. The van der Waals surface area contributed by atoms with Gasteiger partial charge in [-0.15, -0.1) is 0 Å². The fraction of sp³-hybridized carbons (Fsp3) is 0.562. The molecule has 0 bridgehead atoms. The maximum absolute atomic E-state index is 12.4. The van der Waals surface area contributed by atoms with Gasteiger partial charge in [-0.25, -0.2) is 0 Å². The molecule has 0 radical (unpaired) electrons. The number of carbonyl (C=O) groups is 1. The Morgan fingerprint density at radius 2 is 2.05 bits per heavy atom. The van der Waals surface area contributed by atoms with Crippen molar-refractivity contribution in [3.63, 3.8) is 0 Å². The van der Waals surface area contributed by atoms with Crippen LogP contribution in [0.15, 0.2) is 18.2 Å². The Balaban J connectivity index is 2.10. The summed E-state index contributed by atoms with van der Waals surface area (Å²) in [4.78, 5) is 16.6. The highest BCUT2D eigenvalue weighted by atomic mass is 16.2. The molecule has 0 spiro atoms. The molecule has 1 aliphatic rings. The van der Waals surface area contributed by atoms with E-state index in [1.807, 2.05) is 37.8 Å². The Kier molecular flexibility index (Phi) is 4.65. The molecular formula is C16H25N3O. The molecule has 1 atom stereocenters. The van der Waals surface area contributed by atoms with Crippen molar-refractivity contribution in [2.24, 2.45) is 0 Å². The van der Waals surface area contributed by atoms with Gasteiger partial charge in [0.1, 0.15) is 0 Å². The van der Waals surface area contributed by atoms with Crippen LogP contribution in [0.25, 0.3) is 0 Å². The molecule has 110 valence electrons. The van der Waals surface area contributed by atoms with Crippen LogP contribution in [0.2, 0.25) is 0 Å². The van der Waals surface area contributed by atoms with E-state index in [0.29, 0.717) is 0 Å². The molecule has 20 heavy (non-hydrogen) atoms. The van der Waals surface area contributed by atoms with Gasteiger partial charge in [0.05, 0.1) is 6.04 Å². The van der Waals surface area contributed by atoms with Crippen LogP contribution in [0.4, 0.5) is 5.69 Å². The van der Waals surface area contributed by atoms with Gasteiger partial charge in [0, 0.05) is 31.9 Å². The molecule has 2 N–H and O–H groups in total. The smallest absolute Gasteiger partial charge is 0.239 e. The molecule has 1 aliphatic heterocycles. The van der Waals surface area contributed by atoms with Gasteiger partial charge in [0.15, 0.2) is 0 Å². The largest absolute Gasteiger partial charge is 0.399 e. The molecule has 1 unspecified atom stereocenters. The van der Waals surface area contributed by atoms with Crippen molar-refractivity contribution in [2.45, 2.75) is 39.8 Å². The topological polar surface area (TPSA) is 49.6 Å². The minimum atomic E-state index is -0.0653. The van der Waals surface area contributed by atoms with Crippen LogP contribution in [0, 0.1) is 0 Å². The quantitative estimate of drug-likeness (QED) is 0.854. The lowest BCUT2D eigenvalue weighted by Gasteiger charge is -2.35. The summed E-state index contributed by atoms with van der Waals surface area (Å²) < 4.78 is 0. The van der Waals surface area contributed by atoms with Crippen LogP contribution in [-0.2, 0) is 17.8 Å². The summed E-state index contributed by atoms with van der Waals surface area (Å²) in [6, 6.07) is 6.04. The summed E-state index contributed by atoms with van der Waals surface area (Å²) >= 11 is 0. The lowest BCUT2D eigenvalue weighted by atomic mass is 9.98. The highest BCUT2D eigenvalue weighted by molar-refractivity contribution is 5.81. The number of benzene rings is 1. The third-order valence-electron chi connectivity index (χ3n) is 4.25. The average molecular weight is 275 g/mol. The number of likely N-dealkylation sites (N-methyl/N-ethyl adjacent to an activating group) is 1. The molecule has 1 aromatic rings. The standard InChI is InChI=1S/C16H25N3O/c1-4-18(5-2)16(20)12(3)19-9-8-13-6-7-15(17)10-14(13)11-19/h6-7,10,12H,4-5,8-9,11,17H2,1-3H3. The van der Waals surface area contributed by atoms with Crippen LogP contribution in [0.3, 0.4) is 0 Å². The Morgan fingerprint density at radius 3 is 2.70 bits per heavy atom. The molecule has 4 heteroatoms. The molecule has 4 nitrogen and oxygen atoms in total. The van der Waals surface area contributed by atoms with Crippen LogP contribution in [-0.4, -0.2) is 41.4 Å². The summed E-state index contributed by atoms with van der Waals surface area (Å²) in [5, 5.41) is 0. The summed E-state index contributed by atoms with van der Waals surface area (Å²) in [5.41, 5.74) is 9.28. The molecule has 1 aromatic carbocycles. The van der Waals surface area contributed by atoms with Crippen molar-refractivity contribution in [1.82, 2.24) is 9.80 Å². The van der Waals surface area contributed by atoms with E-state index in [9.17, 15) is 4.79 Å². The lowest BCUT2D eigenvalue weighted by molar-refractivity contribution is -0.136. The number of fused-ring (bicyclic) bond motifs is 1. The van der Waals surface area contributed by atoms with Crippen LogP contribution in [0.5, 0.6) is 0 Å². The number of carbonyl (C=O) groups excluding carboxylic acids is 1. The first-order valence-corrected chi connectivity index (χ1v) is 7.46. The number of rotatable bonds is 4. The van der Waals surface area contributed by atoms with E-state index in [4.69, 9.17) is 5.73 Å². The number of hydrogen-bond donors (Lipinski definition) is 1. The normalized spacial score (nSPS) is 16.6. The number of anilines is 1. The van der Waals surface area contributed by atoms with E-state index < -0.39 is 0 Å². The van der Waals surface area contributed by atoms with Gasteiger partial charge in [-0.2, -0.15) is 0 Å². The fourth-order valence-corrected chi connectivity index (χ4v) is 2.89. The lowest BCUT2D eigenvalue weighted by Crippen LogP contribution is -2.48. The van der Waals surface area contributed by atoms with Crippen molar-refractivity contribution < 1.29 is 4.79 Å². The second-order valence-electron chi connectivity index (χ2n) is 5.44. The van der Waals surface area contributed by atoms with E-state index in [1.54, 1.807) is 0 Å². The molecular weight excluding hydrogens is 250 g/mol. The molecule has 0 fully saturated rings. The second kappa shape index (κ2) is 6.27. The maximum atomic E-state index is 12.4. The number of nitrogen functional groups attached to an aromatic ring is 1. The number of hydrogen-bond acceptors (Lipinski definition) is 3. The fourth-order valence-electron chi connectivity index (χ4n) is 2.89. The van der Waals surface area contributed by atoms with E-state index >= 15 is 0 Å². The van der Waals surface area contributed by atoms with Crippen LogP contribution >= 0.6 is 0 Å². The molecule has 0 aromatic heterocycles. The Hall–Kier alpha value is -1.55. The van der Waals surface area contributed by atoms with Crippen LogP contribution in [0.1, 0.15) is 31.9 Å². The monoisotopic (exact) mass is 275 g/mol. The highest BCUT2D eigenvalue weighted by Crippen LogP contribution is 2.23. The zero-order chi connectivity index (χ0) is 14.7. The average Bonchev–Trinajstić information content (AvgIpc) is 2.46. The molecule has 1 amide bonds. The third kappa shape index (κ3) is 2.96. The number of amides is 1. The zero-order valence-electron chi connectivity index (χ0n) is 12.7. The van der Waals surface area contributed by atoms with Gasteiger partial charge in [0.25, 0.3) is 0 Å². The van der Waals surface area contributed by atoms with E-state index in [2.05, 4.69) is 11.0 Å². The van der Waals surface area contributed by atoms with Crippen molar-refractivity contribution in [2.75, 3.05) is 25.4 Å². The number of nitrogens with zero attached hydrogens (tertiary/aromatic N) is 2. The molecule has 1 heterocycles. The minimum absolute atomic E-state index is 0.0653. The van der Waals surface area contributed by atoms with Crippen molar-refractivity contribution >= 4 is 11.6 Å². The Labute approximate surface area is 121 Å². The molecule has 0 saturated carbocycles. The molecule has 2 rings (SSSR count). The first-order chi connectivity index (χ1) is 9.56. The van der Waals surface area contributed by atoms with E-state index in [0.717, 1.165) is 38.3 Å². The molecule has 0 aliphatic carbocycles. The highest BCUT2D eigenvalue weighted by Gasteiger charge is 2.27. The van der Waals surface area contributed by atoms with Crippen molar-refractivity contribution in [3.05, 3.63) is 29.3 Å². The van der Waals surface area contributed by atoms with Gasteiger partial charge in [-0.3, -0.25) is 9.69 Å². The second-order valence-corrected chi connectivity index (χ2v) is 5.44. The molecule has 0 saturated heterocycles. The van der Waals surface area contributed by atoms with Gasteiger partial charge >= 0.3 is 0 Å². The third-order valence-corrected chi connectivity index (χ3v) is 4.25. The van der Waals surface area contributed by atoms with Gasteiger partial charge in [-0.1, -0.05) is 6.07 Å². The maximum Gasteiger partial charge on any atom is 0.239 e. The van der Waals surface area contributed by atoms with Gasteiger partial charge in [-0.05, 0) is 50.5 Å².